The van der Waals surface area contributed by atoms with Crippen LogP contribution in [0.3, 0.4) is 0 Å². The Balaban J connectivity index is 1.98. The van der Waals surface area contributed by atoms with Crippen molar-refractivity contribution in [1.82, 2.24) is 5.32 Å². The van der Waals surface area contributed by atoms with Crippen LogP contribution >= 0.6 is 0 Å². The summed E-state index contributed by atoms with van der Waals surface area (Å²) in [5.41, 5.74) is 1.26. The van der Waals surface area contributed by atoms with Gasteiger partial charge < -0.3 is 10.1 Å². The number of ether oxygens (including phenoxy) is 1. The monoisotopic (exact) mass is 321 g/mol. The Bertz CT molecular complexity index is 465. The summed E-state index contributed by atoms with van der Waals surface area (Å²) in [5, 5.41) is 3.12. The van der Waals surface area contributed by atoms with Crippen molar-refractivity contribution >= 4 is 11.9 Å². The Kier molecular flexibility index (Phi) is 6.25. The summed E-state index contributed by atoms with van der Waals surface area (Å²) >= 11 is 0. The molecule has 0 spiro atoms. The first-order valence-electron chi connectivity index (χ1n) is 9.04. The van der Waals surface area contributed by atoms with Crippen molar-refractivity contribution in [3.63, 3.8) is 0 Å². The summed E-state index contributed by atoms with van der Waals surface area (Å²) in [4.78, 5) is 23.7. The maximum Gasteiger partial charge on any atom is 0.306 e. The molecule has 1 saturated carbocycles. The molecule has 0 bridgehead atoms. The van der Waals surface area contributed by atoms with Crippen LogP contribution in [-0.4, -0.2) is 25.0 Å². The highest BCUT2D eigenvalue weighted by molar-refractivity contribution is 5.80. The summed E-state index contributed by atoms with van der Waals surface area (Å²) in [6.45, 7) is 9.58. The molecule has 4 heteroatoms. The molecule has 0 aliphatic heterocycles. The Hall–Kier alpha value is -1.32. The van der Waals surface area contributed by atoms with E-state index in [9.17, 15) is 9.59 Å². The Morgan fingerprint density at radius 2 is 2.04 bits per heavy atom. The van der Waals surface area contributed by atoms with Gasteiger partial charge in [-0.15, -0.1) is 0 Å². The fourth-order valence-corrected chi connectivity index (χ4v) is 3.64. The van der Waals surface area contributed by atoms with Gasteiger partial charge in [-0.3, -0.25) is 9.59 Å². The molecule has 0 aromatic rings. The average molecular weight is 321 g/mol. The van der Waals surface area contributed by atoms with Gasteiger partial charge in [0.05, 0.1) is 13.0 Å². The van der Waals surface area contributed by atoms with Crippen molar-refractivity contribution < 1.29 is 14.3 Å². The molecule has 1 N–H and O–H groups in total. The molecule has 0 heterocycles. The van der Waals surface area contributed by atoms with Gasteiger partial charge in [-0.05, 0) is 56.8 Å². The van der Waals surface area contributed by atoms with E-state index in [-0.39, 0.29) is 23.7 Å². The van der Waals surface area contributed by atoms with Crippen molar-refractivity contribution in [3.8, 4) is 0 Å². The highest BCUT2D eigenvalue weighted by atomic mass is 16.5. The first-order chi connectivity index (χ1) is 10.9. The second-order valence-corrected chi connectivity index (χ2v) is 7.44. The molecule has 1 amide bonds. The third-order valence-corrected chi connectivity index (χ3v) is 5.26. The zero-order valence-electron chi connectivity index (χ0n) is 14.9. The Morgan fingerprint density at radius 1 is 1.35 bits per heavy atom. The minimum Gasteiger partial charge on any atom is -0.466 e. The molecule has 2 aliphatic rings. The number of hydrogen-bond donors (Lipinski definition) is 1. The Morgan fingerprint density at radius 3 is 2.61 bits per heavy atom. The third kappa shape index (κ3) is 5.08. The zero-order chi connectivity index (χ0) is 17.0. The second-order valence-electron chi connectivity index (χ2n) is 7.44. The van der Waals surface area contributed by atoms with Crippen LogP contribution < -0.4 is 5.32 Å². The predicted octanol–water partition coefficient (Wildman–Crippen LogP) is 3.32. The second kappa shape index (κ2) is 7.98. The first-order valence-corrected chi connectivity index (χ1v) is 9.04. The lowest BCUT2D eigenvalue weighted by Gasteiger charge is -2.37. The topological polar surface area (TPSA) is 55.4 Å². The minimum absolute atomic E-state index is 0.103. The SMILES string of the molecule is CCOC(=O)CC1CC(C(C)C)C(CNC(=O)C2CC2)C=C1C. The summed E-state index contributed by atoms with van der Waals surface area (Å²) in [5.74, 6) is 2.05. The van der Waals surface area contributed by atoms with Crippen LogP contribution in [0.4, 0.5) is 0 Å². The first kappa shape index (κ1) is 18.0. The number of hydrogen-bond acceptors (Lipinski definition) is 3. The molecule has 0 aromatic heterocycles. The van der Waals surface area contributed by atoms with E-state index in [0.29, 0.717) is 30.8 Å². The lowest BCUT2D eigenvalue weighted by molar-refractivity contribution is -0.144. The van der Waals surface area contributed by atoms with Crippen molar-refractivity contribution in [1.29, 1.82) is 0 Å². The minimum atomic E-state index is -0.103. The van der Waals surface area contributed by atoms with Gasteiger partial charge in [-0.2, -0.15) is 0 Å². The summed E-state index contributed by atoms with van der Waals surface area (Å²) in [6, 6.07) is 0. The van der Waals surface area contributed by atoms with Gasteiger partial charge in [0.15, 0.2) is 0 Å². The number of rotatable bonds is 7. The number of nitrogens with one attached hydrogen (secondary N) is 1. The van der Waals surface area contributed by atoms with Gasteiger partial charge in [0.1, 0.15) is 0 Å². The van der Waals surface area contributed by atoms with Gasteiger partial charge in [-0.1, -0.05) is 25.5 Å². The molecule has 130 valence electrons. The molecule has 2 rings (SSSR count). The van der Waals surface area contributed by atoms with Gasteiger partial charge in [0, 0.05) is 12.5 Å². The number of allylic oxidation sites excluding steroid dienone is 1. The standard InChI is InChI=1S/C19H31NO3/c1-5-23-18(21)10-15-9-17(12(2)3)16(8-13(15)4)11-20-19(22)14-6-7-14/h8,12,14-17H,5-7,9-11H2,1-4H3,(H,20,22). The molecule has 0 aromatic carbocycles. The molecular weight excluding hydrogens is 290 g/mol. The van der Waals surface area contributed by atoms with Crippen LogP contribution in [0.1, 0.15) is 53.4 Å². The largest absolute Gasteiger partial charge is 0.466 e. The smallest absolute Gasteiger partial charge is 0.306 e. The van der Waals surface area contributed by atoms with Crippen LogP contribution in [0.25, 0.3) is 0 Å². The van der Waals surface area contributed by atoms with E-state index in [4.69, 9.17) is 4.74 Å². The van der Waals surface area contributed by atoms with Gasteiger partial charge in [0.25, 0.3) is 0 Å². The molecule has 0 radical (unpaired) electrons. The molecule has 3 unspecified atom stereocenters. The van der Waals surface area contributed by atoms with E-state index in [1.807, 2.05) is 6.92 Å². The summed E-state index contributed by atoms with van der Waals surface area (Å²) in [6.07, 6.45) is 5.84. The predicted molar refractivity (Wildman–Crippen MR) is 90.7 cm³/mol. The molecule has 4 nitrogen and oxygen atoms in total. The van der Waals surface area contributed by atoms with Gasteiger partial charge in [0.2, 0.25) is 5.91 Å². The van der Waals surface area contributed by atoms with Crippen LogP contribution in [0.5, 0.6) is 0 Å². The van der Waals surface area contributed by atoms with E-state index in [1.165, 1.54) is 5.57 Å². The van der Waals surface area contributed by atoms with E-state index in [1.54, 1.807) is 0 Å². The van der Waals surface area contributed by atoms with Gasteiger partial charge >= 0.3 is 5.97 Å². The van der Waals surface area contributed by atoms with Crippen molar-refractivity contribution in [2.24, 2.45) is 29.6 Å². The zero-order valence-corrected chi connectivity index (χ0v) is 14.9. The number of carbonyl (C=O) groups excluding carboxylic acids is 2. The van der Waals surface area contributed by atoms with Crippen LogP contribution in [-0.2, 0) is 14.3 Å². The molecule has 3 atom stereocenters. The average Bonchev–Trinajstić information content (AvgIpc) is 3.31. The maximum absolute atomic E-state index is 11.9. The molecule has 0 saturated heterocycles. The lowest BCUT2D eigenvalue weighted by atomic mass is 9.70. The highest BCUT2D eigenvalue weighted by Crippen LogP contribution is 2.39. The van der Waals surface area contributed by atoms with Crippen LogP contribution in [0, 0.1) is 29.6 Å². The summed E-state index contributed by atoms with van der Waals surface area (Å²) < 4.78 is 5.10. The third-order valence-electron chi connectivity index (χ3n) is 5.26. The fraction of sp³-hybridized carbons (Fsp3) is 0.789. The van der Waals surface area contributed by atoms with Crippen molar-refractivity contribution in [2.75, 3.05) is 13.2 Å². The maximum atomic E-state index is 11.9. The van der Waals surface area contributed by atoms with Crippen LogP contribution in [0.2, 0.25) is 0 Å². The number of amides is 1. The molecule has 2 aliphatic carbocycles. The van der Waals surface area contributed by atoms with E-state index in [0.717, 1.165) is 25.8 Å². The van der Waals surface area contributed by atoms with E-state index < -0.39 is 0 Å². The van der Waals surface area contributed by atoms with E-state index >= 15 is 0 Å². The lowest BCUT2D eigenvalue weighted by Crippen LogP contribution is -2.37. The van der Waals surface area contributed by atoms with E-state index in [2.05, 4.69) is 32.2 Å². The van der Waals surface area contributed by atoms with Gasteiger partial charge in [-0.25, -0.2) is 0 Å². The van der Waals surface area contributed by atoms with Crippen LogP contribution in [0.15, 0.2) is 11.6 Å². The molecule has 1 fully saturated rings. The number of carbonyl (C=O) groups is 2. The summed E-state index contributed by atoms with van der Waals surface area (Å²) in [7, 11) is 0. The van der Waals surface area contributed by atoms with Crippen molar-refractivity contribution in [3.05, 3.63) is 11.6 Å². The number of esters is 1. The highest BCUT2D eigenvalue weighted by Gasteiger charge is 2.34. The quantitative estimate of drug-likeness (QED) is 0.578. The molecule has 23 heavy (non-hydrogen) atoms. The van der Waals surface area contributed by atoms with Crippen molar-refractivity contribution in [2.45, 2.75) is 53.4 Å². The normalized spacial score (nSPS) is 27.5. The molecular formula is C19H31NO3. The Labute approximate surface area is 140 Å². The fourth-order valence-electron chi connectivity index (χ4n) is 3.64.